The van der Waals surface area contributed by atoms with Crippen molar-refractivity contribution in [2.75, 3.05) is 13.2 Å². The predicted molar refractivity (Wildman–Crippen MR) is 159 cm³/mol. The van der Waals surface area contributed by atoms with Crippen molar-refractivity contribution in [2.45, 2.75) is 104 Å². The van der Waals surface area contributed by atoms with Crippen LogP contribution >= 0.6 is 0 Å². The topological polar surface area (TPSA) is 129 Å². The molecule has 0 spiro atoms. The van der Waals surface area contributed by atoms with E-state index in [1.54, 1.807) is 13.8 Å². The van der Waals surface area contributed by atoms with E-state index in [1.807, 2.05) is 0 Å². The lowest BCUT2D eigenvalue weighted by Gasteiger charge is -2.19. The molecule has 0 saturated carbocycles. The second-order valence-electron chi connectivity index (χ2n) is 10.1. The van der Waals surface area contributed by atoms with Crippen LogP contribution in [-0.2, 0) is 19.1 Å². The lowest BCUT2D eigenvalue weighted by molar-refractivity contribution is -0.152. The number of hydrogen-bond acceptors (Lipinski definition) is 9. The Balaban J connectivity index is 2.15. The molecule has 2 aromatic carbocycles. The molecule has 0 bridgehead atoms. The Morgan fingerprint density at radius 1 is 0.619 bits per heavy atom. The van der Waals surface area contributed by atoms with Crippen molar-refractivity contribution in [3.63, 3.8) is 0 Å². The summed E-state index contributed by atoms with van der Waals surface area (Å²) in [6.45, 7) is 8.10. The molecule has 0 aliphatic rings. The summed E-state index contributed by atoms with van der Waals surface area (Å²) in [6, 6.07) is 8.27. The first-order valence-electron chi connectivity index (χ1n) is 15.1. The summed E-state index contributed by atoms with van der Waals surface area (Å²) < 4.78 is 22.0. The summed E-state index contributed by atoms with van der Waals surface area (Å²) in [5.74, 6) is -1.87. The third-order valence-corrected chi connectivity index (χ3v) is 6.72. The summed E-state index contributed by atoms with van der Waals surface area (Å²) in [5.41, 5.74) is -0.107. The molecule has 2 atom stereocenters. The van der Waals surface area contributed by atoms with E-state index >= 15 is 0 Å². The number of phenolic OH excluding ortho intramolecular Hbond substituents is 2. The van der Waals surface area contributed by atoms with Crippen LogP contribution in [0.3, 0.4) is 0 Å². The highest BCUT2D eigenvalue weighted by atomic mass is 16.6. The molecule has 0 aliphatic carbocycles. The second kappa shape index (κ2) is 18.6. The molecule has 0 heterocycles. The molecular formula is C33H46O9. The fourth-order valence-corrected chi connectivity index (χ4v) is 4.46. The number of rotatable bonds is 20. The molecule has 2 aromatic rings. The average Bonchev–Trinajstić information content (AvgIpc) is 2.96. The van der Waals surface area contributed by atoms with Crippen LogP contribution in [0.4, 0.5) is 0 Å². The largest absolute Gasteiger partial charge is 0.507 e. The lowest BCUT2D eigenvalue weighted by atomic mass is 10.0. The van der Waals surface area contributed by atoms with Crippen LogP contribution in [0.25, 0.3) is 0 Å². The zero-order chi connectivity index (χ0) is 30.9. The number of hydrogen-bond donors (Lipinski definition) is 2. The third-order valence-electron chi connectivity index (χ3n) is 6.72. The predicted octanol–water partition coefficient (Wildman–Crippen LogP) is 6.89. The minimum atomic E-state index is -0.829. The molecule has 0 aromatic heterocycles. The van der Waals surface area contributed by atoms with Crippen molar-refractivity contribution < 1.29 is 43.5 Å². The van der Waals surface area contributed by atoms with Gasteiger partial charge in [0.05, 0.1) is 24.3 Å². The lowest BCUT2D eigenvalue weighted by Crippen LogP contribution is -2.29. The van der Waals surface area contributed by atoms with Gasteiger partial charge in [-0.05, 0) is 63.8 Å². The van der Waals surface area contributed by atoms with Crippen LogP contribution in [-0.4, -0.2) is 53.4 Å². The Labute approximate surface area is 249 Å². The molecule has 0 amide bonds. The highest BCUT2D eigenvalue weighted by molar-refractivity contribution is 6.12. The van der Waals surface area contributed by atoms with E-state index in [9.17, 15) is 24.6 Å². The molecule has 0 radical (unpaired) electrons. The van der Waals surface area contributed by atoms with Crippen molar-refractivity contribution in [3.05, 3.63) is 47.5 Å². The van der Waals surface area contributed by atoms with Crippen LogP contribution in [0.5, 0.6) is 23.0 Å². The van der Waals surface area contributed by atoms with Crippen LogP contribution in [0.1, 0.15) is 108 Å². The summed E-state index contributed by atoms with van der Waals surface area (Å²) in [4.78, 5) is 38.0. The highest BCUT2D eigenvalue weighted by Crippen LogP contribution is 2.32. The van der Waals surface area contributed by atoms with Crippen LogP contribution in [0, 0.1) is 0 Å². The summed E-state index contributed by atoms with van der Waals surface area (Å²) in [7, 11) is 0. The standard InChI is InChI=1S/C33H46O9/c1-5-9-11-13-15-29(32(37)39-7-3)41-23-17-19-25(27(34)21-23)31(36)26-20-18-24(22-28(26)35)42-30(33(38)40-8-4)16-14-12-10-6-2/h17-22,29-30,34-35H,5-16H2,1-4H3. The van der Waals surface area contributed by atoms with Crippen LogP contribution in [0.2, 0.25) is 0 Å². The quantitative estimate of drug-likeness (QED) is 0.0968. The first-order chi connectivity index (χ1) is 20.2. The molecule has 2 unspecified atom stereocenters. The molecule has 0 fully saturated rings. The van der Waals surface area contributed by atoms with Gasteiger partial charge in [-0.2, -0.15) is 0 Å². The van der Waals surface area contributed by atoms with Gasteiger partial charge in [0.1, 0.15) is 23.0 Å². The molecule has 9 nitrogen and oxygen atoms in total. The number of benzene rings is 2. The molecular weight excluding hydrogens is 540 g/mol. The van der Waals surface area contributed by atoms with E-state index in [-0.39, 0.29) is 47.3 Å². The third kappa shape index (κ3) is 10.9. The van der Waals surface area contributed by atoms with Crippen molar-refractivity contribution >= 4 is 17.7 Å². The number of carbonyl (C=O) groups is 3. The van der Waals surface area contributed by atoms with Crippen LogP contribution in [0.15, 0.2) is 36.4 Å². The smallest absolute Gasteiger partial charge is 0.347 e. The fourth-order valence-electron chi connectivity index (χ4n) is 4.46. The second-order valence-corrected chi connectivity index (χ2v) is 10.1. The van der Waals surface area contributed by atoms with Gasteiger partial charge in [0.2, 0.25) is 0 Å². The van der Waals surface area contributed by atoms with E-state index in [1.165, 1.54) is 36.4 Å². The Morgan fingerprint density at radius 3 is 1.36 bits per heavy atom. The molecule has 9 heteroatoms. The number of ketones is 1. The van der Waals surface area contributed by atoms with Crippen molar-refractivity contribution in [1.82, 2.24) is 0 Å². The normalized spacial score (nSPS) is 12.3. The van der Waals surface area contributed by atoms with E-state index in [0.717, 1.165) is 51.4 Å². The zero-order valence-electron chi connectivity index (χ0n) is 25.4. The Bertz CT molecular complexity index is 1060. The first-order valence-corrected chi connectivity index (χ1v) is 15.1. The van der Waals surface area contributed by atoms with E-state index < -0.39 is 29.9 Å². The minimum absolute atomic E-state index is 0.0535. The first kappa shape index (κ1) is 34.5. The maximum atomic E-state index is 13.2. The van der Waals surface area contributed by atoms with Crippen LogP contribution < -0.4 is 9.47 Å². The highest BCUT2D eigenvalue weighted by Gasteiger charge is 2.25. The van der Waals surface area contributed by atoms with Gasteiger partial charge in [0.25, 0.3) is 0 Å². The van der Waals surface area contributed by atoms with Gasteiger partial charge in [-0.25, -0.2) is 9.59 Å². The number of unbranched alkanes of at least 4 members (excludes halogenated alkanes) is 6. The van der Waals surface area contributed by atoms with Gasteiger partial charge in [-0.1, -0.05) is 52.4 Å². The Hall–Kier alpha value is -3.75. The number of carbonyl (C=O) groups excluding carboxylic acids is 3. The Kier molecular flexibility index (Phi) is 15.3. The average molecular weight is 587 g/mol. The monoisotopic (exact) mass is 586 g/mol. The van der Waals surface area contributed by atoms with Gasteiger partial charge in [0, 0.05) is 12.1 Å². The van der Waals surface area contributed by atoms with E-state index in [0.29, 0.717) is 12.8 Å². The molecule has 0 aliphatic heterocycles. The van der Waals surface area contributed by atoms with Gasteiger partial charge in [-0.15, -0.1) is 0 Å². The number of esters is 2. The van der Waals surface area contributed by atoms with Gasteiger partial charge >= 0.3 is 11.9 Å². The Morgan fingerprint density at radius 2 is 1.02 bits per heavy atom. The molecule has 0 saturated heterocycles. The van der Waals surface area contributed by atoms with Crippen molar-refractivity contribution in [1.29, 1.82) is 0 Å². The molecule has 232 valence electrons. The zero-order valence-corrected chi connectivity index (χ0v) is 25.4. The number of aromatic hydroxyl groups is 2. The fraction of sp³-hybridized carbons (Fsp3) is 0.545. The number of phenols is 2. The summed E-state index contributed by atoms with van der Waals surface area (Å²) >= 11 is 0. The minimum Gasteiger partial charge on any atom is -0.507 e. The van der Waals surface area contributed by atoms with Gasteiger partial charge < -0.3 is 29.2 Å². The number of ether oxygens (including phenoxy) is 4. The van der Waals surface area contributed by atoms with Crippen molar-refractivity contribution in [3.8, 4) is 23.0 Å². The van der Waals surface area contributed by atoms with E-state index in [2.05, 4.69) is 13.8 Å². The van der Waals surface area contributed by atoms with Gasteiger partial charge in [0.15, 0.2) is 18.0 Å². The molecule has 2 N–H and O–H groups in total. The summed E-state index contributed by atoms with van der Waals surface area (Å²) in [5, 5.41) is 21.3. The molecule has 42 heavy (non-hydrogen) atoms. The SMILES string of the molecule is CCCCCCC(Oc1ccc(C(=O)c2ccc(OC(CCCCCC)C(=O)OCC)cc2O)c(O)c1)C(=O)OCC. The van der Waals surface area contributed by atoms with E-state index in [4.69, 9.17) is 18.9 Å². The summed E-state index contributed by atoms with van der Waals surface area (Å²) in [6.07, 6.45) is 7.02. The van der Waals surface area contributed by atoms with Crippen molar-refractivity contribution in [2.24, 2.45) is 0 Å². The maximum Gasteiger partial charge on any atom is 0.347 e. The van der Waals surface area contributed by atoms with Gasteiger partial charge in [-0.3, -0.25) is 4.79 Å². The maximum absolute atomic E-state index is 13.2. The molecule has 2 rings (SSSR count).